The van der Waals surface area contributed by atoms with Crippen LogP contribution in [0, 0.1) is 0 Å². The van der Waals surface area contributed by atoms with Gasteiger partial charge in [0.2, 0.25) is 0 Å². The van der Waals surface area contributed by atoms with E-state index < -0.39 is 13.4 Å². The van der Waals surface area contributed by atoms with E-state index in [0.29, 0.717) is 0 Å². The van der Waals surface area contributed by atoms with Crippen molar-refractivity contribution in [2.24, 2.45) is 0 Å². The van der Waals surface area contributed by atoms with Crippen molar-refractivity contribution in [2.45, 2.75) is 0 Å². The van der Waals surface area contributed by atoms with Crippen LogP contribution in [-0.2, 0) is 38.1 Å². The Morgan fingerprint density at radius 3 is 1.14 bits per heavy atom. The zero-order valence-corrected chi connectivity index (χ0v) is 8.57. The van der Waals surface area contributed by atoms with Gasteiger partial charge in [0.1, 0.15) is 0 Å². The molecular formula is BiFeMnO4+3. The second-order valence-corrected chi connectivity index (χ2v) is 1.56. The molecule has 0 aromatic heterocycles. The van der Waals surface area contributed by atoms with Crippen molar-refractivity contribution in [1.29, 1.82) is 0 Å². The van der Waals surface area contributed by atoms with Gasteiger partial charge in [-0.1, -0.05) is 0 Å². The predicted molar refractivity (Wildman–Crippen MR) is 7.13 cm³/mol. The van der Waals surface area contributed by atoms with Crippen LogP contribution in [0.1, 0.15) is 0 Å². The first-order chi connectivity index (χ1) is 2.00. The zero-order valence-electron chi connectivity index (χ0n) is 2.81. The fourth-order valence-corrected chi connectivity index (χ4v) is 0. The van der Waals surface area contributed by atoms with Crippen LogP contribution < -0.4 is 8.38 Å². The molecule has 0 unspecified atom stereocenters. The molecule has 0 aliphatic carbocycles. The average molecular weight is 384 g/mol. The molecule has 0 aliphatic heterocycles. The van der Waals surface area contributed by atoms with Crippen LogP contribution in [0.25, 0.3) is 0 Å². The monoisotopic (exact) mass is 384 g/mol. The van der Waals surface area contributed by atoms with Crippen molar-refractivity contribution >= 4 is 26.2 Å². The van der Waals surface area contributed by atoms with E-state index in [2.05, 4.69) is 0 Å². The fraction of sp³-hybridized carbons (Fsp3) is 0. The van der Waals surface area contributed by atoms with Crippen LogP contribution in [0.4, 0.5) is 0 Å². The summed E-state index contributed by atoms with van der Waals surface area (Å²) in [6, 6.07) is 0. The molecule has 0 aromatic carbocycles. The minimum absolute atomic E-state index is 0. The summed E-state index contributed by atoms with van der Waals surface area (Å²) in [6.45, 7) is 0. The number of hydrogen-bond acceptors (Lipinski definition) is 4. The van der Waals surface area contributed by atoms with Crippen LogP contribution in [0.5, 0.6) is 0 Å². The Hall–Kier alpha value is 1.44. The molecule has 0 aromatic rings. The first-order valence-electron chi connectivity index (χ1n) is 0.617. The SMILES string of the molecule is [Bi+3].[Fe+2].[O]=[Mn](=[O])([O-])[O-]. The van der Waals surface area contributed by atoms with E-state index in [-0.39, 0.29) is 43.3 Å². The quantitative estimate of drug-likeness (QED) is 0.418. The Labute approximate surface area is 72.2 Å². The van der Waals surface area contributed by atoms with Gasteiger partial charge in [-0.2, -0.15) is 0 Å². The van der Waals surface area contributed by atoms with Crippen LogP contribution in [-0.4, -0.2) is 26.2 Å². The molecule has 41 valence electrons. The van der Waals surface area contributed by atoms with Crippen molar-refractivity contribution in [3.05, 3.63) is 0 Å². The first kappa shape index (κ1) is 15.8. The number of hydrogen-bond donors (Lipinski definition) is 0. The molecule has 0 rings (SSSR count). The van der Waals surface area contributed by atoms with Gasteiger partial charge in [-0.3, -0.25) is 0 Å². The summed E-state index contributed by atoms with van der Waals surface area (Å²) >= 11 is -5.62. The molecule has 0 spiro atoms. The van der Waals surface area contributed by atoms with Gasteiger partial charge in [-0.15, -0.1) is 0 Å². The summed E-state index contributed by atoms with van der Waals surface area (Å²) in [5.74, 6) is 0. The van der Waals surface area contributed by atoms with Gasteiger partial charge in [0.25, 0.3) is 0 Å². The van der Waals surface area contributed by atoms with Gasteiger partial charge >= 0.3 is 72.7 Å². The molecule has 0 aliphatic rings. The van der Waals surface area contributed by atoms with E-state index in [1.54, 1.807) is 0 Å². The van der Waals surface area contributed by atoms with Crippen molar-refractivity contribution in [1.82, 2.24) is 0 Å². The third-order valence-electron chi connectivity index (χ3n) is 0. The van der Waals surface area contributed by atoms with Gasteiger partial charge in [0.05, 0.1) is 0 Å². The predicted octanol–water partition coefficient (Wildman–Crippen LogP) is -3.00. The molecule has 7 heavy (non-hydrogen) atoms. The molecule has 7 heteroatoms. The molecule has 0 saturated carbocycles. The van der Waals surface area contributed by atoms with Gasteiger partial charge < -0.3 is 0 Å². The number of rotatable bonds is 0. The van der Waals surface area contributed by atoms with Crippen molar-refractivity contribution in [3.8, 4) is 0 Å². The Kier molecular flexibility index (Phi) is 12.6. The summed E-state index contributed by atoms with van der Waals surface area (Å²) in [7, 11) is 0. The maximum absolute atomic E-state index is 8.58. The Morgan fingerprint density at radius 1 is 1.14 bits per heavy atom. The Morgan fingerprint density at radius 2 is 1.14 bits per heavy atom. The molecule has 0 atom stereocenters. The molecular weight excluding hydrogens is 384 g/mol. The second-order valence-electron chi connectivity index (χ2n) is 0.378. The molecule has 0 heterocycles. The Bertz CT molecular complexity index is 94.9. The van der Waals surface area contributed by atoms with Crippen LogP contribution >= 0.6 is 0 Å². The van der Waals surface area contributed by atoms with Crippen molar-refractivity contribution in [2.75, 3.05) is 0 Å². The van der Waals surface area contributed by atoms with E-state index in [1.807, 2.05) is 0 Å². The van der Waals surface area contributed by atoms with Crippen LogP contribution in [0.15, 0.2) is 0 Å². The standard InChI is InChI=1S/Bi.Fe.Mn.4O/q+3;+2;;;;2*-1. The van der Waals surface area contributed by atoms with Crippen LogP contribution in [0.3, 0.4) is 0 Å². The zero-order chi connectivity index (χ0) is 4.50. The van der Waals surface area contributed by atoms with Crippen LogP contribution in [0.2, 0.25) is 0 Å². The molecule has 0 amide bonds. The topological polar surface area (TPSA) is 80.3 Å². The van der Waals surface area contributed by atoms with E-state index >= 15 is 0 Å². The normalized spacial score (nSPS) is 8.29. The summed E-state index contributed by atoms with van der Waals surface area (Å²) < 4.78 is 34.3. The van der Waals surface area contributed by atoms with E-state index in [1.165, 1.54) is 0 Å². The molecule has 0 N–H and O–H groups in total. The molecule has 0 saturated heterocycles. The summed E-state index contributed by atoms with van der Waals surface area (Å²) in [5, 5.41) is 0. The Balaban J connectivity index is -0.0000000800. The third-order valence-corrected chi connectivity index (χ3v) is 0. The fourth-order valence-electron chi connectivity index (χ4n) is 0. The van der Waals surface area contributed by atoms with Crippen molar-refractivity contribution < 1.29 is 46.5 Å². The van der Waals surface area contributed by atoms with E-state index in [4.69, 9.17) is 16.0 Å². The summed E-state index contributed by atoms with van der Waals surface area (Å²) in [5.41, 5.74) is 0. The maximum atomic E-state index is 8.58. The van der Waals surface area contributed by atoms with E-state index in [0.717, 1.165) is 0 Å². The minimum atomic E-state index is -5.62. The summed E-state index contributed by atoms with van der Waals surface area (Å²) in [6.07, 6.45) is 0. The summed E-state index contributed by atoms with van der Waals surface area (Å²) in [4.78, 5) is 0. The van der Waals surface area contributed by atoms with E-state index in [9.17, 15) is 0 Å². The first-order valence-corrected chi connectivity index (χ1v) is 2.54. The van der Waals surface area contributed by atoms with Gasteiger partial charge in [-0.05, 0) is 0 Å². The van der Waals surface area contributed by atoms with Gasteiger partial charge in [-0.25, -0.2) is 0 Å². The van der Waals surface area contributed by atoms with Crippen molar-refractivity contribution in [3.63, 3.8) is 0 Å². The average Bonchev–Trinajstić information content (AvgIpc) is 0.722. The third kappa shape index (κ3) is 106. The molecule has 0 bridgehead atoms. The molecule has 2 radical (unpaired) electrons. The molecule has 0 fully saturated rings. The molecule has 4 nitrogen and oxygen atoms in total. The van der Waals surface area contributed by atoms with Gasteiger partial charge in [0.15, 0.2) is 0 Å². The van der Waals surface area contributed by atoms with Gasteiger partial charge in [0, 0.05) is 0 Å². The second kappa shape index (κ2) is 5.58.